The highest BCUT2D eigenvalue weighted by atomic mass is 32.1. The second-order valence-corrected chi connectivity index (χ2v) is 15.3. The molecule has 2 heterocycles. The molecule has 0 aliphatic carbocycles. The summed E-state index contributed by atoms with van der Waals surface area (Å²) < 4.78 is 2.42. The number of aromatic nitrogens is 3. The van der Waals surface area contributed by atoms with E-state index in [0.717, 1.165) is 33.4 Å². The van der Waals surface area contributed by atoms with E-state index in [0.29, 0.717) is 17.5 Å². The van der Waals surface area contributed by atoms with Crippen LogP contribution in [0.5, 0.6) is 0 Å². The lowest BCUT2D eigenvalue weighted by Crippen LogP contribution is -2.01. The van der Waals surface area contributed by atoms with Gasteiger partial charge >= 0.3 is 0 Å². The summed E-state index contributed by atoms with van der Waals surface area (Å²) in [4.78, 5) is 15.7. The third-order valence-electron chi connectivity index (χ3n) is 11.0. The maximum absolute atomic E-state index is 5.26. The first-order chi connectivity index (χ1) is 28.3. The van der Waals surface area contributed by atoms with Gasteiger partial charge in [-0.1, -0.05) is 188 Å². The molecule has 4 heteroatoms. The molecule has 266 valence electrons. The normalized spacial score (nSPS) is 11.5. The second-order valence-electron chi connectivity index (χ2n) is 14.3. The van der Waals surface area contributed by atoms with E-state index in [9.17, 15) is 0 Å². The predicted octanol–water partition coefficient (Wildman–Crippen LogP) is 14.5. The number of hydrogen-bond acceptors (Lipinski definition) is 4. The van der Waals surface area contributed by atoms with Crippen molar-refractivity contribution in [3.8, 4) is 67.5 Å². The van der Waals surface area contributed by atoms with Gasteiger partial charge < -0.3 is 0 Å². The van der Waals surface area contributed by atoms with Gasteiger partial charge in [0.25, 0.3) is 0 Å². The van der Waals surface area contributed by atoms with E-state index in [2.05, 4.69) is 194 Å². The number of hydrogen-bond donors (Lipinski definition) is 0. The average Bonchev–Trinajstić information content (AvgIpc) is 3.68. The molecule has 0 bridgehead atoms. The fraction of sp³-hybridized carbons (Fsp3) is 0. The fourth-order valence-electron chi connectivity index (χ4n) is 8.36. The van der Waals surface area contributed by atoms with Crippen LogP contribution < -0.4 is 0 Å². The molecule has 0 saturated carbocycles. The van der Waals surface area contributed by atoms with Crippen LogP contribution in [0.3, 0.4) is 0 Å². The van der Waals surface area contributed by atoms with Crippen molar-refractivity contribution in [1.29, 1.82) is 0 Å². The van der Waals surface area contributed by atoms with E-state index in [1.54, 1.807) is 11.3 Å². The van der Waals surface area contributed by atoms with Gasteiger partial charge in [0, 0.05) is 36.9 Å². The van der Waals surface area contributed by atoms with E-state index in [4.69, 9.17) is 15.0 Å². The molecular weight excluding hydrogens is 711 g/mol. The molecule has 0 atom stereocenters. The second kappa shape index (κ2) is 13.8. The molecule has 2 aromatic heterocycles. The molecular formula is C53H33N3S. The summed E-state index contributed by atoms with van der Waals surface area (Å²) in [5, 5.41) is 7.38. The largest absolute Gasteiger partial charge is 0.208 e. The monoisotopic (exact) mass is 743 g/mol. The van der Waals surface area contributed by atoms with Crippen LogP contribution in [-0.4, -0.2) is 15.0 Å². The van der Waals surface area contributed by atoms with Crippen molar-refractivity contribution in [2.45, 2.75) is 0 Å². The lowest BCUT2D eigenvalue weighted by molar-refractivity contribution is 1.08. The molecule has 9 aromatic carbocycles. The summed E-state index contributed by atoms with van der Waals surface area (Å²) in [6.07, 6.45) is 0. The van der Waals surface area contributed by atoms with Crippen molar-refractivity contribution in [3.05, 3.63) is 200 Å². The van der Waals surface area contributed by atoms with Crippen LogP contribution in [0.4, 0.5) is 0 Å². The van der Waals surface area contributed by atoms with E-state index in [1.165, 1.54) is 58.4 Å². The molecule has 0 aliphatic heterocycles. The van der Waals surface area contributed by atoms with E-state index in [1.807, 2.05) is 6.07 Å². The molecule has 0 aliphatic rings. The molecule has 57 heavy (non-hydrogen) atoms. The molecule has 0 fully saturated rings. The van der Waals surface area contributed by atoms with Gasteiger partial charge in [0.2, 0.25) is 0 Å². The zero-order chi connectivity index (χ0) is 37.7. The van der Waals surface area contributed by atoms with Gasteiger partial charge in [-0.25, -0.2) is 15.0 Å². The highest BCUT2D eigenvalue weighted by Gasteiger charge is 2.20. The number of thiophene rings is 1. The Morgan fingerprint density at radius 3 is 1.32 bits per heavy atom. The third-order valence-corrected chi connectivity index (χ3v) is 12.2. The van der Waals surface area contributed by atoms with Gasteiger partial charge in [-0.3, -0.25) is 0 Å². The van der Waals surface area contributed by atoms with Crippen LogP contribution in [-0.2, 0) is 0 Å². The molecule has 0 amide bonds. The first kappa shape index (κ1) is 33.1. The van der Waals surface area contributed by atoms with Gasteiger partial charge in [0.05, 0.1) is 0 Å². The van der Waals surface area contributed by atoms with E-state index in [-0.39, 0.29) is 0 Å². The van der Waals surface area contributed by atoms with Crippen LogP contribution >= 0.6 is 11.3 Å². The maximum atomic E-state index is 5.26. The molecule has 11 rings (SSSR count). The van der Waals surface area contributed by atoms with Crippen molar-refractivity contribution in [2.24, 2.45) is 0 Å². The average molecular weight is 744 g/mol. The molecule has 0 N–H and O–H groups in total. The summed E-state index contributed by atoms with van der Waals surface area (Å²) in [5.41, 5.74) is 9.93. The van der Waals surface area contributed by atoms with Crippen LogP contribution in [0, 0.1) is 0 Å². The smallest absolute Gasteiger partial charge is 0.165 e. The highest BCUT2D eigenvalue weighted by molar-refractivity contribution is 7.26. The lowest BCUT2D eigenvalue weighted by Gasteiger charge is -2.18. The summed E-state index contributed by atoms with van der Waals surface area (Å²) in [6.45, 7) is 0. The van der Waals surface area contributed by atoms with Gasteiger partial charge in [-0.15, -0.1) is 11.3 Å². The van der Waals surface area contributed by atoms with Crippen molar-refractivity contribution >= 4 is 53.1 Å². The quantitative estimate of drug-likeness (QED) is 0.159. The number of rotatable bonds is 6. The Morgan fingerprint density at radius 2 is 0.684 bits per heavy atom. The topological polar surface area (TPSA) is 38.7 Å². The minimum absolute atomic E-state index is 0.636. The fourth-order valence-corrected chi connectivity index (χ4v) is 9.57. The van der Waals surface area contributed by atoms with Crippen molar-refractivity contribution < 1.29 is 0 Å². The predicted molar refractivity (Wildman–Crippen MR) is 240 cm³/mol. The van der Waals surface area contributed by atoms with Crippen LogP contribution in [0.1, 0.15) is 0 Å². The first-order valence-electron chi connectivity index (χ1n) is 19.2. The third kappa shape index (κ3) is 5.69. The summed E-state index contributed by atoms with van der Waals surface area (Å²) >= 11 is 1.79. The van der Waals surface area contributed by atoms with E-state index >= 15 is 0 Å². The summed E-state index contributed by atoms with van der Waals surface area (Å²) in [7, 11) is 0. The molecule has 0 unspecified atom stereocenters. The number of benzene rings is 9. The van der Waals surface area contributed by atoms with E-state index < -0.39 is 0 Å². The molecule has 0 spiro atoms. The number of fused-ring (bicyclic) bond motifs is 5. The Morgan fingerprint density at radius 1 is 0.263 bits per heavy atom. The zero-order valence-corrected chi connectivity index (χ0v) is 31.6. The summed E-state index contributed by atoms with van der Waals surface area (Å²) in [6, 6.07) is 71.0. The van der Waals surface area contributed by atoms with Crippen LogP contribution in [0.2, 0.25) is 0 Å². The highest BCUT2D eigenvalue weighted by Crippen LogP contribution is 2.44. The Labute approximate surface area is 334 Å². The van der Waals surface area contributed by atoms with Crippen LogP contribution in [0.15, 0.2) is 200 Å². The Kier molecular flexibility index (Phi) is 8.01. The summed E-state index contributed by atoms with van der Waals surface area (Å²) in [5.74, 6) is 1.94. The van der Waals surface area contributed by atoms with Gasteiger partial charge in [-0.05, 0) is 67.1 Å². The van der Waals surface area contributed by atoms with Crippen molar-refractivity contribution in [3.63, 3.8) is 0 Å². The Hall–Kier alpha value is -7.27. The minimum atomic E-state index is 0.636. The van der Waals surface area contributed by atoms with Crippen molar-refractivity contribution in [2.75, 3.05) is 0 Å². The maximum Gasteiger partial charge on any atom is 0.165 e. The molecule has 3 nitrogen and oxygen atoms in total. The van der Waals surface area contributed by atoms with Gasteiger partial charge in [-0.2, -0.15) is 0 Å². The van der Waals surface area contributed by atoms with Crippen molar-refractivity contribution in [1.82, 2.24) is 15.0 Å². The van der Waals surface area contributed by atoms with Gasteiger partial charge in [0.1, 0.15) is 0 Å². The lowest BCUT2D eigenvalue weighted by atomic mass is 9.86. The Balaban J connectivity index is 1.11. The minimum Gasteiger partial charge on any atom is -0.208 e. The Bertz CT molecular complexity index is 3220. The van der Waals surface area contributed by atoms with Crippen LogP contribution in [0.25, 0.3) is 109 Å². The van der Waals surface area contributed by atoms with Gasteiger partial charge in [0.15, 0.2) is 17.5 Å². The molecule has 11 aromatic rings. The standard InChI is InChI=1S/C53H33N3S/c1-3-16-34(17-4-1)38-20-7-12-26-45(38)52-54-51(55-53(56-52)46-28-15-27-44-39-21-13-14-29-47(39)57-50(44)46)37-32-30-36(31-33-37)49-42-24-10-8-22-40(42)48(35-18-5-2-6-19-35)41-23-9-11-25-43(41)49/h1-33H. The number of nitrogens with zero attached hydrogens (tertiary/aromatic N) is 3. The SMILES string of the molecule is c1ccc(-c2ccccc2-c2nc(-c3ccc(-c4c5ccccc5c(-c5ccccc5)c5ccccc45)cc3)nc(-c3cccc4c3sc3ccccc34)n2)cc1. The zero-order valence-electron chi connectivity index (χ0n) is 30.8. The molecule has 0 saturated heterocycles. The first-order valence-corrected chi connectivity index (χ1v) is 20.0. The molecule has 0 radical (unpaired) electrons.